The Labute approximate surface area is 129 Å². The number of hydrogen-bond donors (Lipinski definition) is 1. The molecule has 0 unspecified atom stereocenters. The lowest BCUT2D eigenvalue weighted by Gasteiger charge is -2.06. The maximum Gasteiger partial charge on any atom is 0.339 e. The molecule has 0 spiro atoms. The molecule has 0 aliphatic rings. The van der Waals surface area contributed by atoms with Crippen molar-refractivity contribution in [3.63, 3.8) is 0 Å². The minimum atomic E-state index is -0.938. The summed E-state index contributed by atoms with van der Waals surface area (Å²) in [7, 11) is 0. The van der Waals surface area contributed by atoms with Crippen LogP contribution < -0.4 is 0 Å². The van der Waals surface area contributed by atoms with E-state index in [4.69, 9.17) is 5.26 Å². The molecule has 2 aromatic rings. The maximum atomic E-state index is 11.6. The predicted octanol–water partition coefficient (Wildman–Crippen LogP) is 3.20. The smallest absolute Gasteiger partial charge is 0.339 e. The molecule has 1 heterocycles. The van der Waals surface area contributed by atoms with E-state index in [1.54, 1.807) is 28.9 Å². The third-order valence-electron chi connectivity index (χ3n) is 3.44. The number of aromatic carboxylic acids is 1. The molecule has 1 N–H and O–H groups in total. The number of nitrogens with zero attached hydrogens (tertiary/aromatic N) is 3. The molecule has 22 heavy (non-hydrogen) atoms. The minimum absolute atomic E-state index is 0.306. The van der Waals surface area contributed by atoms with E-state index in [1.165, 1.54) is 0 Å². The lowest BCUT2D eigenvalue weighted by molar-refractivity contribution is 0.0694. The van der Waals surface area contributed by atoms with Crippen LogP contribution >= 0.6 is 0 Å². The SMILES string of the molecule is CCc1c(C(=O)O)c(CC(C)C)nn1-c1ccc(C#N)cc1. The van der Waals surface area contributed by atoms with Crippen LogP contribution in [0.25, 0.3) is 5.69 Å². The van der Waals surface area contributed by atoms with Crippen molar-refractivity contribution >= 4 is 5.97 Å². The van der Waals surface area contributed by atoms with Crippen LogP contribution in [-0.2, 0) is 12.8 Å². The van der Waals surface area contributed by atoms with E-state index >= 15 is 0 Å². The van der Waals surface area contributed by atoms with E-state index in [0.29, 0.717) is 41.3 Å². The van der Waals surface area contributed by atoms with Crippen molar-refractivity contribution in [1.82, 2.24) is 9.78 Å². The van der Waals surface area contributed by atoms with Gasteiger partial charge in [0.1, 0.15) is 5.56 Å². The van der Waals surface area contributed by atoms with Crippen LogP contribution in [0.1, 0.15) is 48.1 Å². The Kier molecular flexibility index (Phi) is 4.62. The molecular formula is C17H19N3O2. The van der Waals surface area contributed by atoms with Gasteiger partial charge >= 0.3 is 5.97 Å². The van der Waals surface area contributed by atoms with Gasteiger partial charge in [-0.3, -0.25) is 0 Å². The van der Waals surface area contributed by atoms with Crippen LogP contribution in [0.2, 0.25) is 0 Å². The molecule has 0 bridgehead atoms. The second-order valence-corrected chi connectivity index (χ2v) is 5.60. The first-order valence-corrected chi connectivity index (χ1v) is 7.32. The van der Waals surface area contributed by atoms with Gasteiger partial charge in [-0.15, -0.1) is 0 Å². The number of hydrogen-bond acceptors (Lipinski definition) is 3. The fraction of sp³-hybridized carbons (Fsp3) is 0.353. The Bertz CT molecular complexity index is 722. The van der Waals surface area contributed by atoms with Crippen molar-refractivity contribution in [2.75, 3.05) is 0 Å². The van der Waals surface area contributed by atoms with Gasteiger partial charge in [0.05, 0.1) is 28.7 Å². The van der Waals surface area contributed by atoms with Crippen molar-refractivity contribution in [1.29, 1.82) is 5.26 Å². The number of carbonyl (C=O) groups is 1. The molecule has 5 nitrogen and oxygen atoms in total. The number of nitriles is 1. The zero-order valence-corrected chi connectivity index (χ0v) is 13.0. The first kappa shape index (κ1) is 15.8. The summed E-state index contributed by atoms with van der Waals surface area (Å²) in [6.07, 6.45) is 1.20. The molecule has 114 valence electrons. The van der Waals surface area contributed by atoms with Gasteiger partial charge in [0, 0.05) is 0 Å². The Hall–Kier alpha value is -2.61. The highest BCUT2D eigenvalue weighted by Gasteiger charge is 2.23. The van der Waals surface area contributed by atoms with Crippen LogP contribution in [-0.4, -0.2) is 20.9 Å². The average Bonchev–Trinajstić information content (AvgIpc) is 2.85. The van der Waals surface area contributed by atoms with Crippen molar-refractivity contribution < 1.29 is 9.90 Å². The first-order chi connectivity index (χ1) is 10.5. The monoisotopic (exact) mass is 297 g/mol. The summed E-state index contributed by atoms with van der Waals surface area (Å²) >= 11 is 0. The predicted molar refractivity (Wildman–Crippen MR) is 83.2 cm³/mol. The molecule has 2 rings (SSSR count). The standard InChI is InChI=1S/C17H19N3O2/c1-4-15-16(17(21)22)14(9-11(2)3)19-20(15)13-7-5-12(10-18)6-8-13/h5-8,11H,4,9H2,1-3H3,(H,21,22). The van der Waals surface area contributed by atoms with Crippen molar-refractivity contribution in [2.45, 2.75) is 33.6 Å². The van der Waals surface area contributed by atoms with Gasteiger partial charge in [0.25, 0.3) is 0 Å². The summed E-state index contributed by atoms with van der Waals surface area (Å²) in [6.45, 7) is 6.00. The van der Waals surface area contributed by atoms with E-state index in [1.807, 2.05) is 20.8 Å². The largest absolute Gasteiger partial charge is 0.478 e. The number of aromatic nitrogens is 2. The molecule has 0 aliphatic carbocycles. The maximum absolute atomic E-state index is 11.6. The summed E-state index contributed by atoms with van der Waals surface area (Å²) in [5.41, 5.74) is 2.94. The van der Waals surface area contributed by atoms with Gasteiger partial charge in [-0.1, -0.05) is 20.8 Å². The quantitative estimate of drug-likeness (QED) is 0.919. The third kappa shape index (κ3) is 3.01. The molecule has 1 aromatic carbocycles. The van der Waals surface area contributed by atoms with E-state index in [2.05, 4.69) is 11.2 Å². The van der Waals surface area contributed by atoms with Crippen molar-refractivity contribution in [3.8, 4) is 11.8 Å². The molecule has 0 fully saturated rings. The zero-order valence-electron chi connectivity index (χ0n) is 13.0. The Morgan fingerprint density at radius 2 is 2.00 bits per heavy atom. The summed E-state index contributed by atoms with van der Waals surface area (Å²) < 4.78 is 1.68. The van der Waals surface area contributed by atoms with E-state index in [-0.39, 0.29) is 0 Å². The van der Waals surface area contributed by atoms with Gasteiger partial charge < -0.3 is 5.11 Å². The molecule has 0 amide bonds. The molecule has 0 atom stereocenters. The van der Waals surface area contributed by atoms with Crippen LogP contribution in [0.5, 0.6) is 0 Å². The van der Waals surface area contributed by atoms with Crippen molar-refractivity contribution in [2.24, 2.45) is 5.92 Å². The summed E-state index contributed by atoms with van der Waals surface area (Å²) in [4.78, 5) is 11.6. The molecule has 0 aliphatic heterocycles. The topological polar surface area (TPSA) is 78.9 Å². The molecular weight excluding hydrogens is 278 g/mol. The fourth-order valence-electron chi connectivity index (χ4n) is 2.50. The number of benzene rings is 1. The van der Waals surface area contributed by atoms with Gasteiger partial charge in [0.15, 0.2) is 0 Å². The molecule has 1 aromatic heterocycles. The number of carboxylic acid groups (broad SMARTS) is 1. The Morgan fingerprint density at radius 1 is 1.36 bits per heavy atom. The normalized spacial score (nSPS) is 10.7. The molecule has 0 saturated heterocycles. The summed E-state index contributed by atoms with van der Waals surface area (Å²) in [6, 6.07) is 9.06. The average molecular weight is 297 g/mol. The van der Waals surface area contributed by atoms with Crippen LogP contribution in [0.15, 0.2) is 24.3 Å². The highest BCUT2D eigenvalue weighted by Crippen LogP contribution is 2.22. The highest BCUT2D eigenvalue weighted by molar-refractivity contribution is 5.90. The highest BCUT2D eigenvalue weighted by atomic mass is 16.4. The van der Waals surface area contributed by atoms with E-state index in [0.717, 1.165) is 5.69 Å². The second-order valence-electron chi connectivity index (χ2n) is 5.60. The summed E-state index contributed by atoms with van der Waals surface area (Å²) in [5, 5.41) is 22.9. The molecule has 0 saturated carbocycles. The first-order valence-electron chi connectivity index (χ1n) is 7.32. The molecule has 5 heteroatoms. The van der Waals surface area contributed by atoms with Crippen LogP contribution in [0.3, 0.4) is 0 Å². The summed E-state index contributed by atoms with van der Waals surface area (Å²) in [5.74, 6) is -0.612. The molecule has 0 radical (unpaired) electrons. The number of carboxylic acids is 1. The van der Waals surface area contributed by atoms with Gasteiger partial charge in [0.2, 0.25) is 0 Å². The lowest BCUT2D eigenvalue weighted by atomic mass is 10.0. The van der Waals surface area contributed by atoms with E-state index < -0.39 is 5.97 Å². The number of rotatable bonds is 5. The minimum Gasteiger partial charge on any atom is -0.478 e. The fourth-order valence-corrected chi connectivity index (χ4v) is 2.50. The third-order valence-corrected chi connectivity index (χ3v) is 3.44. The zero-order chi connectivity index (χ0) is 16.3. The Morgan fingerprint density at radius 3 is 2.45 bits per heavy atom. The second kappa shape index (κ2) is 6.44. The van der Waals surface area contributed by atoms with Gasteiger partial charge in [-0.25, -0.2) is 9.48 Å². The van der Waals surface area contributed by atoms with Crippen LogP contribution in [0, 0.1) is 17.2 Å². The van der Waals surface area contributed by atoms with E-state index in [9.17, 15) is 9.90 Å². The van der Waals surface area contributed by atoms with Gasteiger partial charge in [-0.05, 0) is 43.0 Å². The Balaban J connectivity index is 2.59. The lowest BCUT2D eigenvalue weighted by Crippen LogP contribution is -2.06. The van der Waals surface area contributed by atoms with Gasteiger partial charge in [-0.2, -0.15) is 10.4 Å². The van der Waals surface area contributed by atoms with Crippen LogP contribution in [0.4, 0.5) is 0 Å². The van der Waals surface area contributed by atoms with Crippen molar-refractivity contribution in [3.05, 3.63) is 46.8 Å².